The predicted molar refractivity (Wildman–Crippen MR) is 92.5 cm³/mol. The van der Waals surface area contributed by atoms with Gasteiger partial charge < -0.3 is 9.47 Å². The van der Waals surface area contributed by atoms with Crippen molar-refractivity contribution in [2.75, 3.05) is 13.2 Å². The molecule has 0 N–H and O–H groups in total. The third-order valence-electron chi connectivity index (χ3n) is 4.01. The van der Waals surface area contributed by atoms with Gasteiger partial charge >= 0.3 is 0 Å². The number of ether oxygens (including phenoxy) is 2. The van der Waals surface area contributed by atoms with Crippen molar-refractivity contribution in [1.29, 1.82) is 0 Å². The molecular formula is C19H22O3S. The maximum Gasteiger partial charge on any atom is 0.0717 e. The smallest absolute Gasteiger partial charge is 0.0717 e. The standard InChI is InChI=1S/C19H22O3S/c20-23-18(14-21-12-16-7-3-1-4-8-16)11-19(23)15-22-13-17-9-5-2-6-10-17/h1-10,18-19H,11-15H2/t18-,19-/m0/s1. The Balaban J connectivity index is 1.31. The maximum absolute atomic E-state index is 12.2. The lowest BCUT2D eigenvalue weighted by Crippen LogP contribution is -2.46. The van der Waals surface area contributed by atoms with Crippen molar-refractivity contribution < 1.29 is 13.7 Å². The average Bonchev–Trinajstić information content (AvgIpc) is 2.61. The predicted octanol–water partition coefficient (Wildman–Crippen LogP) is 3.31. The Bertz CT molecular complexity index is 562. The van der Waals surface area contributed by atoms with E-state index in [4.69, 9.17) is 9.47 Å². The minimum Gasteiger partial charge on any atom is -0.376 e. The van der Waals surface area contributed by atoms with Crippen LogP contribution in [-0.2, 0) is 33.5 Å². The monoisotopic (exact) mass is 330 g/mol. The molecule has 2 atom stereocenters. The Kier molecular flexibility index (Phi) is 5.97. The Labute approximate surface area is 140 Å². The molecule has 0 aliphatic carbocycles. The summed E-state index contributed by atoms with van der Waals surface area (Å²) in [7, 11) is -0.833. The van der Waals surface area contributed by atoms with Crippen molar-refractivity contribution >= 4 is 10.8 Å². The van der Waals surface area contributed by atoms with Gasteiger partial charge in [0.05, 0.1) is 36.9 Å². The zero-order valence-electron chi connectivity index (χ0n) is 13.1. The maximum atomic E-state index is 12.2. The van der Waals surface area contributed by atoms with Crippen LogP contribution in [0.1, 0.15) is 17.5 Å². The lowest BCUT2D eigenvalue weighted by Gasteiger charge is -2.34. The van der Waals surface area contributed by atoms with Crippen LogP contribution in [0, 0.1) is 0 Å². The Morgan fingerprint density at radius 1 is 0.783 bits per heavy atom. The van der Waals surface area contributed by atoms with Crippen LogP contribution < -0.4 is 0 Å². The van der Waals surface area contributed by atoms with Crippen molar-refractivity contribution in [2.24, 2.45) is 0 Å². The van der Waals surface area contributed by atoms with Gasteiger partial charge in [0.25, 0.3) is 0 Å². The van der Waals surface area contributed by atoms with E-state index in [1.807, 2.05) is 60.7 Å². The quantitative estimate of drug-likeness (QED) is 0.745. The molecule has 3 rings (SSSR count). The van der Waals surface area contributed by atoms with Crippen LogP contribution in [0.15, 0.2) is 60.7 Å². The Morgan fingerprint density at radius 2 is 1.22 bits per heavy atom. The summed E-state index contributed by atoms with van der Waals surface area (Å²) in [6.45, 7) is 2.31. The number of hydrogen-bond donors (Lipinski definition) is 0. The summed E-state index contributed by atoms with van der Waals surface area (Å²) >= 11 is 0. The second-order valence-electron chi connectivity index (χ2n) is 5.81. The molecule has 23 heavy (non-hydrogen) atoms. The highest BCUT2D eigenvalue weighted by Crippen LogP contribution is 2.26. The molecule has 0 amide bonds. The average molecular weight is 330 g/mol. The number of benzene rings is 2. The molecule has 1 aliphatic heterocycles. The Morgan fingerprint density at radius 3 is 1.61 bits per heavy atom. The van der Waals surface area contributed by atoms with Gasteiger partial charge in [0.2, 0.25) is 0 Å². The van der Waals surface area contributed by atoms with Gasteiger partial charge in [-0.1, -0.05) is 60.7 Å². The van der Waals surface area contributed by atoms with Crippen LogP contribution in [0.3, 0.4) is 0 Å². The third-order valence-corrected chi connectivity index (χ3v) is 5.98. The van der Waals surface area contributed by atoms with E-state index in [0.717, 1.165) is 17.5 Å². The molecule has 1 aliphatic rings. The lowest BCUT2D eigenvalue weighted by molar-refractivity contribution is 0.0967. The highest BCUT2D eigenvalue weighted by molar-refractivity contribution is 7.87. The number of hydrogen-bond acceptors (Lipinski definition) is 3. The Hall–Kier alpha value is -1.49. The summed E-state index contributed by atoms with van der Waals surface area (Å²) < 4.78 is 23.6. The topological polar surface area (TPSA) is 35.5 Å². The zero-order chi connectivity index (χ0) is 15.9. The lowest BCUT2D eigenvalue weighted by atomic mass is 10.2. The summed E-state index contributed by atoms with van der Waals surface area (Å²) in [5.41, 5.74) is 2.31. The second-order valence-corrected chi connectivity index (χ2v) is 7.80. The van der Waals surface area contributed by atoms with Crippen LogP contribution in [0.5, 0.6) is 0 Å². The first-order valence-corrected chi connectivity index (χ1v) is 9.23. The van der Waals surface area contributed by atoms with Crippen molar-refractivity contribution in [3.8, 4) is 0 Å². The van der Waals surface area contributed by atoms with E-state index in [2.05, 4.69) is 0 Å². The molecule has 0 spiro atoms. The van der Waals surface area contributed by atoms with Gasteiger partial charge in [-0.15, -0.1) is 0 Å². The molecular weight excluding hydrogens is 308 g/mol. The fourth-order valence-electron chi connectivity index (χ4n) is 2.67. The summed E-state index contributed by atoms with van der Waals surface area (Å²) in [5.74, 6) is 0. The zero-order valence-corrected chi connectivity index (χ0v) is 13.9. The third kappa shape index (κ3) is 4.74. The summed E-state index contributed by atoms with van der Waals surface area (Å²) in [4.78, 5) is 0. The summed E-state index contributed by atoms with van der Waals surface area (Å²) in [6, 6.07) is 20.1. The second kappa shape index (κ2) is 8.39. The molecule has 2 aromatic rings. The van der Waals surface area contributed by atoms with Crippen molar-refractivity contribution in [2.45, 2.75) is 30.1 Å². The molecule has 0 aromatic heterocycles. The molecule has 0 radical (unpaired) electrons. The normalized spacial score (nSPS) is 21.0. The van der Waals surface area contributed by atoms with Crippen molar-refractivity contribution in [1.82, 2.24) is 0 Å². The first-order valence-electron chi connectivity index (χ1n) is 7.95. The largest absolute Gasteiger partial charge is 0.376 e. The fraction of sp³-hybridized carbons (Fsp3) is 0.368. The molecule has 1 heterocycles. The highest BCUT2D eigenvalue weighted by atomic mass is 32.2. The van der Waals surface area contributed by atoms with Gasteiger partial charge in [-0.05, 0) is 17.5 Å². The summed E-state index contributed by atoms with van der Waals surface area (Å²) in [5, 5.41) is 0.313. The molecule has 122 valence electrons. The SMILES string of the molecule is O=S1[C@H](COCc2ccccc2)C[C@H]1COCc1ccccc1. The van der Waals surface area contributed by atoms with Gasteiger partial charge in [-0.25, -0.2) is 0 Å². The number of rotatable bonds is 8. The first-order chi connectivity index (χ1) is 11.3. The minimum atomic E-state index is -0.833. The molecule has 0 saturated carbocycles. The van der Waals surface area contributed by atoms with Crippen LogP contribution in [-0.4, -0.2) is 27.9 Å². The van der Waals surface area contributed by atoms with Gasteiger partial charge in [0.15, 0.2) is 0 Å². The molecule has 3 nitrogen and oxygen atoms in total. The molecule has 0 bridgehead atoms. The van der Waals surface area contributed by atoms with E-state index in [0.29, 0.717) is 26.4 Å². The van der Waals surface area contributed by atoms with E-state index < -0.39 is 10.8 Å². The first kappa shape index (κ1) is 16.4. The highest BCUT2D eigenvalue weighted by Gasteiger charge is 2.38. The molecule has 1 fully saturated rings. The minimum absolute atomic E-state index is 0.157. The van der Waals surface area contributed by atoms with E-state index in [1.54, 1.807) is 0 Å². The van der Waals surface area contributed by atoms with Gasteiger partial charge in [-0.2, -0.15) is 0 Å². The fourth-order valence-corrected chi connectivity index (χ4v) is 4.16. The molecule has 2 aromatic carbocycles. The van der Waals surface area contributed by atoms with Crippen LogP contribution in [0.25, 0.3) is 0 Å². The van der Waals surface area contributed by atoms with Crippen LogP contribution >= 0.6 is 0 Å². The van der Waals surface area contributed by atoms with Gasteiger partial charge in [0.1, 0.15) is 0 Å². The summed E-state index contributed by atoms with van der Waals surface area (Å²) in [6.07, 6.45) is 0.927. The molecule has 0 unspecified atom stereocenters. The van der Waals surface area contributed by atoms with Gasteiger partial charge in [0, 0.05) is 10.8 Å². The molecule has 4 heteroatoms. The van der Waals surface area contributed by atoms with Gasteiger partial charge in [-0.3, -0.25) is 4.21 Å². The van der Waals surface area contributed by atoms with Crippen LogP contribution in [0.2, 0.25) is 0 Å². The van der Waals surface area contributed by atoms with Crippen molar-refractivity contribution in [3.63, 3.8) is 0 Å². The van der Waals surface area contributed by atoms with E-state index in [1.165, 1.54) is 0 Å². The van der Waals surface area contributed by atoms with E-state index >= 15 is 0 Å². The molecule has 1 saturated heterocycles. The van der Waals surface area contributed by atoms with E-state index in [-0.39, 0.29) is 10.5 Å². The van der Waals surface area contributed by atoms with Crippen LogP contribution in [0.4, 0.5) is 0 Å². The van der Waals surface area contributed by atoms with E-state index in [9.17, 15) is 4.21 Å². The van der Waals surface area contributed by atoms with Crippen molar-refractivity contribution in [3.05, 3.63) is 71.8 Å².